The molecule has 0 aromatic heterocycles. The molecule has 0 bridgehead atoms. The van der Waals surface area contributed by atoms with Gasteiger partial charge in [0.25, 0.3) is 5.91 Å². The molecular weight excluding hydrogens is 306 g/mol. The average molecular weight is 335 g/mol. The molecule has 1 spiro atoms. The fourth-order valence-corrected chi connectivity index (χ4v) is 4.74. The lowest BCUT2D eigenvalue weighted by Crippen LogP contribution is -2.54. The summed E-state index contributed by atoms with van der Waals surface area (Å²) in [5.74, 6) is 0.734. The third-order valence-corrected chi connectivity index (χ3v) is 6.02. The van der Waals surface area contributed by atoms with Crippen molar-refractivity contribution in [2.24, 2.45) is 17.8 Å². The highest BCUT2D eigenvalue weighted by molar-refractivity contribution is 6.09. The Kier molecular flexibility index (Phi) is 4.58. The van der Waals surface area contributed by atoms with Gasteiger partial charge in [0, 0.05) is 13.1 Å². The number of piperidine rings is 1. The average Bonchev–Trinajstić information content (AvgIpc) is 2.74. The zero-order chi connectivity index (χ0) is 17.5. The molecule has 4 atom stereocenters. The van der Waals surface area contributed by atoms with E-state index in [1.54, 1.807) is 0 Å². The fourth-order valence-electron chi connectivity index (χ4n) is 4.74. The third-order valence-electron chi connectivity index (χ3n) is 6.02. The molecule has 1 saturated carbocycles. The molecule has 2 heterocycles. The topological polar surface area (TPSA) is 69.7 Å². The fraction of sp³-hybridized carbons (Fsp3) is 0.833. The number of likely N-dealkylation sites (tertiary alicyclic amines) is 1. The molecule has 3 aliphatic rings. The van der Waals surface area contributed by atoms with Crippen molar-refractivity contribution >= 4 is 17.8 Å². The van der Waals surface area contributed by atoms with Crippen molar-refractivity contribution in [3.05, 3.63) is 0 Å². The Morgan fingerprint density at radius 1 is 1.17 bits per heavy atom. The Labute approximate surface area is 143 Å². The molecule has 6 heteroatoms. The van der Waals surface area contributed by atoms with E-state index in [0.717, 1.165) is 30.6 Å². The zero-order valence-corrected chi connectivity index (χ0v) is 15.0. The van der Waals surface area contributed by atoms with Gasteiger partial charge in [0.1, 0.15) is 12.1 Å². The second kappa shape index (κ2) is 6.37. The summed E-state index contributed by atoms with van der Waals surface area (Å²) in [7, 11) is 0. The first-order chi connectivity index (χ1) is 11.3. The summed E-state index contributed by atoms with van der Waals surface area (Å²) in [5, 5.41) is 2.91. The predicted octanol–water partition coefficient (Wildman–Crippen LogP) is 1.99. The Morgan fingerprint density at radius 2 is 1.83 bits per heavy atom. The van der Waals surface area contributed by atoms with Gasteiger partial charge in [-0.05, 0) is 37.0 Å². The number of imide groups is 1. The highest BCUT2D eigenvalue weighted by Crippen LogP contribution is 2.38. The highest BCUT2D eigenvalue weighted by Gasteiger charge is 2.55. The predicted molar refractivity (Wildman–Crippen MR) is 90.1 cm³/mol. The lowest BCUT2D eigenvalue weighted by atomic mass is 9.73. The van der Waals surface area contributed by atoms with Crippen molar-refractivity contribution in [3.63, 3.8) is 0 Å². The van der Waals surface area contributed by atoms with E-state index in [-0.39, 0.29) is 24.3 Å². The molecule has 24 heavy (non-hydrogen) atoms. The quantitative estimate of drug-likeness (QED) is 0.785. The van der Waals surface area contributed by atoms with Crippen molar-refractivity contribution in [2.75, 3.05) is 19.6 Å². The standard InChI is InChI=1S/C18H29N3O3/c1-12-8-13(2)10-20(9-12)15(22)11-21-16(23)18(19-17(21)24)7-5-4-6-14(18)3/h12-14H,4-11H2,1-3H3,(H,19,24)/t12-,13+,14-,18+/m1/s1. The van der Waals surface area contributed by atoms with E-state index in [0.29, 0.717) is 31.3 Å². The summed E-state index contributed by atoms with van der Waals surface area (Å²) >= 11 is 0. The minimum absolute atomic E-state index is 0.114. The van der Waals surface area contributed by atoms with E-state index >= 15 is 0 Å². The van der Waals surface area contributed by atoms with Crippen LogP contribution in [0.25, 0.3) is 0 Å². The van der Waals surface area contributed by atoms with Gasteiger partial charge in [-0.3, -0.25) is 14.5 Å². The van der Waals surface area contributed by atoms with Crippen LogP contribution < -0.4 is 5.32 Å². The number of rotatable bonds is 2. The Hall–Kier alpha value is -1.59. The van der Waals surface area contributed by atoms with Gasteiger partial charge < -0.3 is 10.2 Å². The smallest absolute Gasteiger partial charge is 0.325 e. The van der Waals surface area contributed by atoms with Gasteiger partial charge in [-0.25, -0.2) is 4.79 Å². The second-order valence-corrected chi connectivity index (χ2v) is 8.18. The van der Waals surface area contributed by atoms with Crippen molar-refractivity contribution in [1.82, 2.24) is 15.1 Å². The van der Waals surface area contributed by atoms with Crippen molar-refractivity contribution in [3.8, 4) is 0 Å². The van der Waals surface area contributed by atoms with E-state index in [1.165, 1.54) is 0 Å². The summed E-state index contributed by atoms with van der Waals surface area (Å²) in [6.45, 7) is 7.61. The molecule has 3 rings (SSSR count). The van der Waals surface area contributed by atoms with Gasteiger partial charge in [0.15, 0.2) is 0 Å². The molecule has 134 valence electrons. The minimum Gasteiger partial charge on any atom is -0.341 e. The van der Waals surface area contributed by atoms with Crippen LogP contribution >= 0.6 is 0 Å². The van der Waals surface area contributed by atoms with Crippen molar-refractivity contribution < 1.29 is 14.4 Å². The van der Waals surface area contributed by atoms with Crippen LogP contribution in [0.5, 0.6) is 0 Å². The largest absolute Gasteiger partial charge is 0.341 e. The van der Waals surface area contributed by atoms with Crippen LogP contribution in [-0.4, -0.2) is 52.8 Å². The van der Waals surface area contributed by atoms with Gasteiger partial charge in [-0.1, -0.05) is 33.6 Å². The van der Waals surface area contributed by atoms with E-state index in [9.17, 15) is 14.4 Å². The first-order valence-corrected chi connectivity index (χ1v) is 9.25. The summed E-state index contributed by atoms with van der Waals surface area (Å²) in [6.07, 6.45) is 4.78. The Bertz CT molecular complexity index is 540. The van der Waals surface area contributed by atoms with Crippen LogP contribution in [0.2, 0.25) is 0 Å². The molecule has 0 aromatic rings. The molecule has 0 unspecified atom stereocenters. The number of carbonyl (C=O) groups excluding carboxylic acids is 3. The summed E-state index contributed by atoms with van der Waals surface area (Å²) < 4.78 is 0. The van der Waals surface area contributed by atoms with Gasteiger partial charge in [0.2, 0.25) is 5.91 Å². The molecule has 1 N–H and O–H groups in total. The molecule has 6 nitrogen and oxygen atoms in total. The van der Waals surface area contributed by atoms with Gasteiger partial charge in [-0.2, -0.15) is 0 Å². The van der Waals surface area contributed by atoms with E-state index in [2.05, 4.69) is 19.2 Å². The summed E-state index contributed by atoms with van der Waals surface area (Å²) in [6, 6.07) is -0.403. The number of carbonyl (C=O) groups is 3. The maximum absolute atomic E-state index is 12.9. The summed E-state index contributed by atoms with van der Waals surface area (Å²) in [4.78, 5) is 40.9. The monoisotopic (exact) mass is 335 g/mol. The number of amides is 4. The number of urea groups is 1. The molecule has 0 aromatic carbocycles. The first kappa shape index (κ1) is 17.2. The highest BCUT2D eigenvalue weighted by atomic mass is 16.2. The van der Waals surface area contributed by atoms with Crippen LogP contribution in [0.15, 0.2) is 0 Å². The third kappa shape index (κ3) is 2.91. The van der Waals surface area contributed by atoms with Crippen molar-refractivity contribution in [1.29, 1.82) is 0 Å². The number of hydrogen-bond acceptors (Lipinski definition) is 3. The summed E-state index contributed by atoms with van der Waals surface area (Å²) in [5.41, 5.74) is -0.780. The van der Waals surface area contributed by atoms with Gasteiger partial charge >= 0.3 is 6.03 Å². The molecular formula is C18H29N3O3. The van der Waals surface area contributed by atoms with Crippen LogP contribution in [0.1, 0.15) is 52.9 Å². The zero-order valence-electron chi connectivity index (χ0n) is 15.0. The molecule has 3 fully saturated rings. The first-order valence-electron chi connectivity index (χ1n) is 9.25. The van der Waals surface area contributed by atoms with Gasteiger partial charge in [-0.15, -0.1) is 0 Å². The van der Waals surface area contributed by atoms with E-state index in [1.807, 2.05) is 11.8 Å². The maximum atomic E-state index is 12.9. The normalized spacial score (nSPS) is 37.0. The van der Waals surface area contributed by atoms with Crippen LogP contribution in [-0.2, 0) is 9.59 Å². The van der Waals surface area contributed by atoms with Crippen molar-refractivity contribution in [2.45, 2.75) is 58.4 Å². The van der Waals surface area contributed by atoms with Crippen LogP contribution in [0.3, 0.4) is 0 Å². The molecule has 4 amide bonds. The van der Waals surface area contributed by atoms with Gasteiger partial charge in [0.05, 0.1) is 0 Å². The Morgan fingerprint density at radius 3 is 2.46 bits per heavy atom. The van der Waals surface area contributed by atoms with E-state index in [4.69, 9.17) is 0 Å². The minimum atomic E-state index is -0.780. The number of nitrogens with zero attached hydrogens (tertiary/aromatic N) is 2. The van der Waals surface area contributed by atoms with Crippen LogP contribution in [0.4, 0.5) is 4.79 Å². The number of hydrogen-bond donors (Lipinski definition) is 1. The lowest BCUT2D eigenvalue weighted by Gasteiger charge is -2.37. The maximum Gasteiger partial charge on any atom is 0.325 e. The Balaban J connectivity index is 1.70. The lowest BCUT2D eigenvalue weighted by molar-refractivity contribution is -0.141. The SMILES string of the molecule is C[C@@H]1C[C@H](C)CN(C(=O)CN2C(=O)N[C@]3(CCCC[C@H]3C)C2=O)C1. The van der Waals surface area contributed by atoms with Crippen LogP contribution in [0, 0.1) is 17.8 Å². The molecule has 2 saturated heterocycles. The molecule has 2 aliphatic heterocycles. The molecule has 1 aliphatic carbocycles. The number of nitrogens with one attached hydrogen (secondary N) is 1. The molecule has 0 radical (unpaired) electrons. The van der Waals surface area contributed by atoms with E-state index < -0.39 is 11.6 Å². The second-order valence-electron chi connectivity index (χ2n) is 8.18.